The molecule has 0 spiro atoms. The van der Waals surface area contributed by atoms with Gasteiger partial charge < -0.3 is 21.9 Å². The van der Waals surface area contributed by atoms with Gasteiger partial charge in [-0.3, -0.25) is 4.79 Å². The fraction of sp³-hybridized carbons (Fsp3) is 0.185. The molecule has 0 radical (unpaired) electrons. The molecule has 0 aliphatic heterocycles. The predicted octanol–water partition coefficient (Wildman–Crippen LogP) is 6.10. The van der Waals surface area contributed by atoms with Crippen LogP contribution in [0.5, 0.6) is 0 Å². The maximum absolute atomic E-state index is 13.3. The number of hydrogen-bond donors (Lipinski definition) is 4. The van der Waals surface area contributed by atoms with E-state index < -0.39 is 5.41 Å². The highest BCUT2D eigenvalue weighted by Crippen LogP contribution is 2.40. The normalized spacial score (nSPS) is 12.6. The number of aliphatic imine (C=N–C) groups is 1. The Kier molecular flexibility index (Phi) is 8.54. The van der Waals surface area contributed by atoms with Gasteiger partial charge >= 0.3 is 0 Å². The number of rotatable bonds is 9. The predicted molar refractivity (Wildman–Crippen MR) is 144 cm³/mol. The Morgan fingerprint density at radius 1 is 1.11 bits per heavy atom. The van der Waals surface area contributed by atoms with Crippen LogP contribution in [0.3, 0.4) is 0 Å². The van der Waals surface area contributed by atoms with E-state index in [0.717, 1.165) is 28.4 Å². The van der Waals surface area contributed by atoms with E-state index in [4.69, 9.17) is 16.6 Å². The van der Waals surface area contributed by atoms with Gasteiger partial charge in [-0.1, -0.05) is 50.2 Å². The number of thioether (sulfide) groups is 1. The Morgan fingerprint density at radius 2 is 1.80 bits per heavy atom. The average Bonchev–Trinajstić information content (AvgIpc) is 2.85. The van der Waals surface area contributed by atoms with Gasteiger partial charge in [-0.15, -0.1) is 0 Å². The van der Waals surface area contributed by atoms with Gasteiger partial charge in [-0.2, -0.15) is 4.99 Å². The summed E-state index contributed by atoms with van der Waals surface area (Å²) in [4.78, 5) is 17.2. The van der Waals surface area contributed by atoms with E-state index in [1.807, 2.05) is 62.4 Å². The van der Waals surface area contributed by atoms with Gasteiger partial charge in [0.15, 0.2) is 5.17 Å². The molecule has 3 aromatic rings. The van der Waals surface area contributed by atoms with E-state index in [2.05, 4.69) is 10.3 Å². The zero-order valence-electron chi connectivity index (χ0n) is 19.6. The summed E-state index contributed by atoms with van der Waals surface area (Å²) in [5, 5.41) is 18.4. The van der Waals surface area contributed by atoms with Crippen LogP contribution in [0.2, 0.25) is 0 Å². The molecular formula is C27H28FN5OS. The largest absolute Gasteiger partial charge is 0.378 e. The standard InChI is InChI=1S/C27H28FN5OS/c1-27(2,25(34)33-26(31)35-17-30)23(14-18-6-4-3-5-7-18)19-8-13-24(20(15-19)16-29)32-22-11-9-21(28)10-12-22/h3-13,15-17,23,29-30,32H,14H2,1-2H3,(H2,31,33,34). The van der Waals surface area contributed by atoms with E-state index in [0.29, 0.717) is 23.4 Å². The van der Waals surface area contributed by atoms with Crippen LogP contribution in [0.4, 0.5) is 15.8 Å². The topological polar surface area (TPSA) is 115 Å². The number of anilines is 2. The van der Waals surface area contributed by atoms with Crippen molar-refractivity contribution in [2.75, 3.05) is 5.32 Å². The fourth-order valence-electron chi connectivity index (χ4n) is 3.84. The quantitative estimate of drug-likeness (QED) is 0.215. The lowest BCUT2D eigenvalue weighted by Gasteiger charge is -2.32. The number of benzene rings is 3. The van der Waals surface area contributed by atoms with Crippen LogP contribution >= 0.6 is 11.8 Å². The molecule has 0 aliphatic carbocycles. The molecule has 1 amide bonds. The third kappa shape index (κ3) is 6.64. The van der Waals surface area contributed by atoms with Crippen LogP contribution in [0, 0.1) is 22.1 Å². The summed E-state index contributed by atoms with van der Waals surface area (Å²) >= 11 is 0.884. The summed E-state index contributed by atoms with van der Waals surface area (Å²) in [5.41, 5.74) is 9.89. The first-order valence-electron chi connectivity index (χ1n) is 11.0. The molecule has 1 atom stereocenters. The molecule has 5 N–H and O–H groups in total. The van der Waals surface area contributed by atoms with Crippen molar-refractivity contribution in [3.8, 4) is 0 Å². The second-order valence-corrected chi connectivity index (χ2v) is 9.47. The van der Waals surface area contributed by atoms with Crippen LogP contribution in [0.25, 0.3) is 0 Å². The van der Waals surface area contributed by atoms with Crippen molar-refractivity contribution >= 4 is 46.0 Å². The molecule has 0 aromatic heterocycles. The smallest absolute Gasteiger partial charge is 0.254 e. The summed E-state index contributed by atoms with van der Waals surface area (Å²) in [5.74, 6) is -0.969. The molecule has 0 heterocycles. The van der Waals surface area contributed by atoms with Crippen LogP contribution in [0.1, 0.15) is 36.5 Å². The number of amides is 1. The van der Waals surface area contributed by atoms with Gasteiger partial charge in [0.2, 0.25) is 0 Å². The van der Waals surface area contributed by atoms with E-state index in [1.165, 1.54) is 18.3 Å². The molecule has 180 valence electrons. The number of carbonyl (C=O) groups is 1. The molecule has 3 rings (SSSR count). The average molecular weight is 490 g/mol. The Balaban J connectivity index is 2.01. The molecule has 0 saturated carbocycles. The molecule has 0 aliphatic rings. The molecule has 6 nitrogen and oxygen atoms in total. The zero-order chi connectivity index (χ0) is 25.4. The van der Waals surface area contributed by atoms with Crippen LogP contribution in [0.15, 0.2) is 77.8 Å². The van der Waals surface area contributed by atoms with Crippen molar-refractivity contribution in [1.29, 1.82) is 10.8 Å². The molecular weight excluding hydrogens is 461 g/mol. The lowest BCUT2D eigenvalue weighted by atomic mass is 9.71. The van der Waals surface area contributed by atoms with Crippen molar-refractivity contribution in [3.05, 3.63) is 95.3 Å². The van der Waals surface area contributed by atoms with Crippen LogP contribution in [-0.4, -0.2) is 22.8 Å². The van der Waals surface area contributed by atoms with Gasteiger partial charge in [-0.25, -0.2) is 4.39 Å². The fourth-order valence-corrected chi connectivity index (χ4v) is 4.10. The summed E-state index contributed by atoms with van der Waals surface area (Å²) in [7, 11) is 0. The zero-order valence-corrected chi connectivity index (χ0v) is 20.4. The molecule has 0 fully saturated rings. The Hall–Kier alpha value is -3.78. The first-order chi connectivity index (χ1) is 16.7. The first-order valence-corrected chi connectivity index (χ1v) is 11.9. The maximum atomic E-state index is 13.3. The number of nitrogens with zero attached hydrogens (tertiary/aromatic N) is 1. The van der Waals surface area contributed by atoms with Crippen molar-refractivity contribution in [2.45, 2.75) is 26.2 Å². The minimum absolute atomic E-state index is 0.0237. The number of amidine groups is 1. The van der Waals surface area contributed by atoms with Crippen molar-refractivity contribution in [3.63, 3.8) is 0 Å². The highest BCUT2D eigenvalue weighted by Gasteiger charge is 2.38. The highest BCUT2D eigenvalue weighted by molar-refractivity contribution is 8.24. The number of nitrogens with two attached hydrogens (primary N) is 1. The SMILES string of the molecule is CC(C)(C(=O)N=C(N)SC=N)C(Cc1ccccc1)c1ccc(Nc2ccc(F)cc2)c(C=N)c1. The third-order valence-corrected chi connectivity index (χ3v) is 6.30. The Labute approximate surface area is 208 Å². The van der Waals surface area contributed by atoms with Crippen molar-refractivity contribution in [1.82, 2.24) is 0 Å². The summed E-state index contributed by atoms with van der Waals surface area (Å²) in [6.07, 6.45) is 1.83. The lowest BCUT2D eigenvalue weighted by molar-refractivity contribution is -0.126. The molecule has 35 heavy (non-hydrogen) atoms. The van der Waals surface area contributed by atoms with E-state index >= 15 is 0 Å². The van der Waals surface area contributed by atoms with Gasteiger partial charge in [0.05, 0.1) is 11.0 Å². The Morgan fingerprint density at radius 3 is 2.43 bits per heavy atom. The van der Waals surface area contributed by atoms with Gasteiger partial charge in [0.25, 0.3) is 5.91 Å². The second-order valence-electron chi connectivity index (χ2n) is 8.58. The number of halogens is 1. The highest BCUT2D eigenvalue weighted by atomic mass is 32.2. The third-order valence-electron chi connectivity index (χ3n) is 5.85. The van der Waals surface area contributed by atoms with Crippen molar-refractivity contribution in [2.24, 2.45) is 16.1 Å². The van der Waals surface area contributed by atoms with Crippen LogP contribution in [-0.2, 0) is 11.2 Å². The van der Waals surface area contributed by atoms with Gasteiger partial charge in [0.1, 0.15) is 5.82 Å². The minimum Gasteiger partial charge on any atom is -0.378 e. The Bertz CT molecular complexity index is 1230. The summed E-state index contributed by atoms with van der Waals surface area (Å²) < 4.78 is 13.3. The number of nitrogens with one attached hydrogen (secondary N) is 3. The molecule has 3 aromatic carbocycles. The van der Waals surface area contributed by atoms with E-state index in [9.17, 15) is 9.18 Å². The number of hydrogen-bond acceptors (Lipinski definition) is 5. The second kappa shape index (κ2) is 11.6. The molecule has 0 bridgehead atoms. The lowest BCUT2D eigenvalue weighted by Crippen LogP contribution is -2.33. The van der Waals surface area contributed by atoms with Gasteiger partial charge in [-0.05, 0) is 65.7 Å². The monoisotopic (exact) mass is 489 g/mol. The maximum Gasteiger partial charge on any atom is 0.254 e. The van der Waals surface area contributed by atoms with E-state index in [1.54, 1.807) is 12.1 Å². The molecule has 1 unspecified atom stereocenters. The van der Waals surface area contributed by atoms with Crippen molar-refractivity contribution < 1.29 is 9.18 Å². The minimum atomic E-state index is -0.922. The molecule has 0 saturated heterocycles. The van der Waals surface area contributed by atoms with E-state index in [-0.39, 0.29) is 22.8 Å². The first kappa shape index (κ1) is 25.8. The molecule has 8 heteroatoms. The van der Waals surface area contributed by atoms with Gasteiger partial charge in [0, 0.05) is 29.1 Å². The summed E-state index contributed by atoms with van der Waals surface area (Å²) in [6.45, 7) is 3.67. The van der Waals surface area contributed by atoms with Crippen LogP contribution < -0.4 is 11.1 Å². The number of carbonyl (C=O) groups excluding carboxylic acids is 1. The summed E-state index contributed by atoms with van der Waals surface area (Å²) in [6, 6.07) is 21.6.